The van der Waals surface area contributed by atoms with Crippen molar-refractivity contribution in [2.24, 2.45) is 5.41 Å². The van der Waals surface area contributed by atoms with Gasteiger partial charge in [-0.25, -0.2) is 0 Å². The molecule has 1 aliphatic rings. The molecule has 0 heterocycles. The highest BCUT2D eigenvalue weighted by Crippen LogP contribution is 2.36. The first-order valence-corrected chi connectivity index (χ1v) is 4.53. The molecule has 0 aromatic carbocycles. The standard InChI is InChI=1S/C8H10Cl2O/c9-6-8(7(10)11)4-2-1-3-5-8/h1-2H,3-6H2. The summed E-state index contributed by atoms with van der Waals surface area (Å²) in [4.78, 5) is 11.0. The normalized spacial score (nSPS) is 30.4. The molecule has 1 unspecified atom stereocenters. The van der Waals surface area contributed by atoms with Gasteiger partial charge in [-0.3, -0.25) is 4.79 Å². The maximum Gasteiger partial charge on any atom is 0.229 e. The van der Waals surface area contributed by atoms with Crippen LogP contribution in [0.3, 0.4) is 0 Å². The summed E-state index contributed by atoms with van der Waals surface area (Å²) in [6.45, 7) is 0. The fourth-order valence-electron chi connectivity index (χ4n) is 1.24. The van der Waals surface area contributed by atoms with Crippen molar-refractivity contribution in [1.82, 2.24) is 0 Å². The van der Waals surface area contributed by atoms with Crippen molar-refractivity contribution in [3.05, 3.63) is 12.2 Å². The summed E-state index contributed by atoms with van der Waals surface area (Å²) in [6.07, 6.45) is 6.43. The van der Waals surface area contributed by atoms with Gasteiger partial charge in [0.15, 0.2) is 0 Å². The van der Waals surface area contributed by atoms with E-state index in [0.717, 1.165) is 12.8 Å². The molecule has 0 spiro atoms. The minimum absolute atomic E-state index is 0.295. The van der Waals surface area contributed by atoms with Gasteiger partial charge < -0.3 is 0 Å². The Morgan fingerprint density at radius 2 is 2.27 bits per heavy atom. The average Bonchev–Trinajstić information content (AvgIpc) is 2.05. The van der Waals surface area contributed by atoms with E-state index in [1.807, 2.05) is 6.08 Å². The molecule has 1 atom stereocenters. The number of allylic oxidation sites excluding steroid dienone is 2. The van der Waals surface area contributed by atoms with Crippen LogP contribution in [0.15, 0.2) is 12.2 Å². The highest BCUT2D eigenvalue weighted by atomic mass is 35.5. The lowest BCUT2D eigenvalue weighted by Crippen LogP contribution is -2.30. The lowest BCUT2D eigenvalue weighted by atomic mass is 9.80. The van der Waals surface area contributed by atoms with E-state index in [0.29, 0.717) is 12.3 Å². The monoisotopic (exact) mass is 192 g/mol. The van der Waals surface area contributed by atoms with Crippen LogP contribution >= 0.6 is 23.2 Å². The molecule has 1 rings (SSSR count). The Balaban J connectivity index is 2.75. The predicted octanol–water partition coefficient (Wildman–Crippen LogP) is 2.72. The number of carbonyl (C=O) groups is 1. The van der Waals surface area contributed by atoms with Gasteiger partial charge in [-0.2, -0.15) is 0 Å². The van der Waals surface area contributed by atoms with Crippen molar-refractivity contribution < 1.29 is 4.79 Å². The molecule has 11 heavy (non-hydrogen) atoms. The van der Waals surface area contributed by atoms with E-state index in [1.54, 1.807) is 0 Å². The average molecular weight is 193 g/mol. The van der Waals surface area contributed by atoms with E-state index in [9.17, 15) is 4.79 Å². The molecule has 0 bridgehead atoms. The summed E-state index contributed by atoms with van der Waals surface area (Å²) in [5.74, 6) is 0.333. The van der Waals surface area contributed by atoms with Crippen molar-refractivity contribution in [2.45, 2.75) is 19.3 Å². The van der Waals surface area contributed by atoms with Gasteiger partial charge in [0.1, 0.15) is 0 Å². The number of rotatable bonds is 2. The summed E-state index contributed by atoms with van der Waals surface area (Å²) in [7, 11) is 0. The summed E-state index contributed by atoms with van der Waals surface area (Å²) < 4.78 is 0. The third kappa shape index (κ3) is 1.77. The Hall–Kier alpha value is -0.0100. The second-order valence-electron chi connectivity index (χ2n) is 2.90. The third-order valence-electron chi connectivity index (χ3n) is 2.14. The Kier molecular flexibility index (Phi) is 2.97. The predicted molar refractivity (Wildman–Crippen MR) is 47.0 cm³/mol. The third-order valence-corrected chi connectivity index (χ3v) is 3.05. The number of hydrogen-bond donors (Lipinski definition) is 0. The first kappa shape index (κ1) is 9.08. The largest absolute Gasteiger partial charge is 0.281 e. The molecule has 0 aliphatic heterocycles. The SMILES string of the molecule is O=C(Cl)C1(CCl)CC=CCC1. The van der Waals surface area contributed by atoms with Crippen LogP contribution in [0.4, 0.5) is 0 Å². The number of alkyl halides is 1. The number of hydrogen-bond acceptors (Lipinski definition) is 1. The molecule has 0 aromatic rings. The van der Waals surface area contributed by atoms with Crippen LogP contribution in [0.2, 0.25) is 0 Å². The number of carbonyl (C=O) groups excluding carboxylic acids is 1. The lowest BCUT2D eigenvalue weighted by Gasteiger charge is -2.28. The fourth-order valence-corrected chi connectivity index (χ4v) is 1.91. The topological polar surface area (TPSA) is 17.1 Å². The van der Waals surface area contributed by atoms with Gasteiger partial charge in [-0.05, 0) is 30.9 Å². The molecular weight excluding hydrogens is 183 g/mol. The van der Waals surface area contributed by atoms with E-state index in [1.165, 1.54) is 0 Å². The van der Waals surface area contributed by atoms with Crippen molar-refractivity contribution >= 4 is 28.4 Å². The maximum absolute atomic E-state index is 11.0. The van der Waals surface area contributed by atoms with Crippen LogP contribution in [0, 0.1) is 5.41 Å². The van der Waals surface area contributed by atoms with Crippen LogP contribution in [0.5, 0.6) is 0 Å². The van der Waals surface area contributed by atoms with Crippen LogP contribution in [-0.2, 0) is 4.79 Å². The van der Waals surface area contributed by atoms with Crippen LogP contribution < -0.4 is 0 Å². The minimum atomic E-state index is -0.474. The highest BCUT2D eigenvalue weighted by molar-refractivity contribution is 6.65. The molecule has 0 saturated carbocycles. The maximum atomic E-state index is 11.0. The molecule has 1 aliphatic carbocycles. The molecular formula is C8H10Cl2O. The van der Waals surface area contributed by atoms with E-state index in [-0.39, 0.29) is 5.24 Å². The summed E-state index contributed by atoms with van der Waals surface area (Å²) >= 11 is 11.1. The van der Waals surface area contributed by atoms with E-state index >= 15 is 0 Å². The van der Waals surface area contributed by atoms with Crippen molar-refractivity contribution in [3.8, 4) is 0 Å². The summed E-state index contributed by atoms with van der Waals surface area (Å²) in [5, 5.41) is -0.295. The van der Waals surface area contributed by atoms with Crippen LogP contribution in [0.1, 0.15) is 19.3 Å². The van der Waals surface area contributed by atoms with Gasteiger partial charge in [0.2, 0.25) is 5.24 Å². The summed E-state index contributed by atoms with van der Waals surface area (Å²) in [6, 6.07) is 0. The molecule has 0 radical (unpaired) electrons. The van der Waals surface area contributed by atoms with E-state index in [2.05, 4.69) is 6.08 Å². The van der Waals surface area contributed by atoms with Gasteiger partial charge in [0.25, 0.3) is 0 Å². The Bertz CT molecular complexity index is 189. The summed E-state index contributed by atoms with van der Waals surface area (Å²) in [5.41, 5.74) is -0.474. The van der Waals surface area contributed by atoms with E-state index in [4.69, 9.17) is 23.2 Å². The zero-order valence-corrected chi connectivity index (χ0v) is 7.66. The second-order valence-corrected chi connectivity index (χ2v) is 3.51. The molecule has 0 saturated heterocycles. The fraction of sp³-hybridized carbons (Fsp3) is 0.625. The zero-order chi connectivity index (χ0) is 8.32. The Labute approximate surface area is 76.4 Å². The Morgan fingerprint density at radius 1 is 1.55 bits per heavy atom. The Morgan fingerprint density at radius 3 is 2.55 bits per heavy atom. The first-order valence-electron chi connectivity index (χ1n) is 3.62. The zero-order valence-electron chi connectivity index (χ0n) is 6.15. The second kappa shape index (κ2) is 3.59. The van der Waals surface area contributed by atoms with Gasteiger partial charge in [-0.15, -0.1) is 11.6 Å². The minimum Gasteiger partial charge on any atom is -0.281 e. The number of halogens is 2. The molecule has 62 valence electrons. The molecule has 1 nitrogen and oxygen atoms in total. The molecule has 0 N–H and O–H groups in total. The molecule has 0 aromatic heterocycles. The van der Waals surface area contributed by atoms with Crippen molar-refractivity contribution in [1.29, 1.82) is 0 Å². The highest BCUT2D eigenvalue weighted by Gasteiger charge is 2.35. The van der Waals surface area contributed by atoms with Crippen molar-refractivity contribution in [3.63, 3.8) is 0 Å². The molecule has 0 fully saturated rings. The van der Waals surface area contributed by atoms with Gasteiger partial charge in [-0.1, -0.05) is 12.2 Å². The van der Waals surface area contributed by atoms with Gasteiger partial charge in [0.05, 0.1) is 5.41 Å². The quantitative estimate of drug-likeness (QED) is 0.374. The van der Waals surface area contributed by atoms with Crippen LogP contribution in [-0.4, -0.2) is 11.1 Å². The van der Waals surface area contributed by atoms with E-state index < -0.39 is 5.41 Å². The van der Waals surface area contributed by atoms with Crippen LogP contribution in [0.25, 0.3) is 0 Å². The van der Waals surface area contributed by atoms with Gasteiger partial charge >= 0.3 is 0 Å². The smallest absolute Gasteiger partial charge is 0.229 e. The molecule has 3 heteroatoms. The van der Waals surface area contributed by atoms with Gasteiger partial charge in [0, 0.05) is 5.88 Å². The molecule has 0 amide bonds. The first-order chi connectivity index (χ1) is 5.21. The lowest BCUT2D eigenvalue weighted by molar-refractivity contribution is -0.119. The van der Waals surface area contributed by atoms with Crippen molar-refractivity contribution in [2.75, 3.05) is 5.88 Å².